The third kappa shape index (κ3) is 6.57. The van der Waals surface area contributed by atoms with Gasteiger partial charge >= 0.3 is 0 Å². The summed E-state index contributed by atoms with van der Waals surface area (Å²) in [5, 5.41) is 2.77. The predicted molar refractivity (Wildman–Crippen MR) is 121 cm³/mol. The lowest BCUT2D eigenvalue weighted by Crippen LogP contribution is -2.46. The first kappa shape index (κ1) is 22.3. The van der Waals surface area contributed by atoms with Gasteiger partial charge < -0.3 is 10.2 Å². The number of nitrogens with one attached hydrogen (secondary N) is 1. The van der Waals surface area contributed by atoms with Gasteiger partial charge in [0.1, 0.15) is 5.75 Å². The molecule has 1 heterocycles. The fourth-order valence-corrected chi connectivity index (χ4v) is 5.02. The van der Waals surface area contributed by atoms with E-state index >= 15 is 0 Å². The van der Waals surface area contributed by atoms with Crippen LogP contribution in [0.5, 0.6) is 0 Å². The molecule has 0 saturated carbocycles. The van der Waals surface area contributed by atoms with Crippen molar-refractivity contribution in [3.05, 3.63) is 65.7 Å². The van der Waals surface area contributed by atoms with Crippen LogP contribution < -0.4 is 10.2 Å². The monoisotopic (exact) mass is 429 g/mol. The van der Waals surface area contributed by atoms with Gasteiger partial charge in [0.05, 0.1) is 5.75 Å². The molecule has 1 aliphatic rings. The first-order valence-corrected chi connectivity index (χ1v) is 12.4. The highest BCUT2D eigenvalue weighted by atomic mass is 32.2. The molecule has 0 unspecified atom stereocenters. The summed E-state index contributed by atoms with van der Waals surface area (Å²) >= 11 is 0. The smallest absolute Gasteiger partial charge is 0.235 e. The summed E-state index contributed by atoms with van der Waals surface area (Å²) in [6.45, 7) is 6.89. The maximum Gasteiger partial charge on any atom is 0.235 e. The van der Waals surface area contributed by atoms with E-state index in [1.54, 1.807) is 6.92 Å². The summed E-state index contributed by atoms with van der Waals surface area (Å²) in [6, 6.07) is 18.5. The molecule has 0 bridgehead atoms. The Bertz CT molecular complexity index is 924. The van der Waals surface area contributed by atoms with E-state index in [9.17, 15) is 13.2 Å². The number of rotatable bonds is 9. The molecule has 0 atom stereocenters. The van der Waals surface area contributed by atoms with Crippen LogP contribution in [0.25, 0.3) is 0 Å². The molecule has 1 N–H and O–H groups in total. The molecule has 7 heteroatoms. The largest absolute Gasteiger partial charge is 0.369 e. The number of piperazine rings is 1. The number of benzene rings is 2. The van der Waals surface area contributed by atoms with E-state index in [0.29, 0.717) is 13.0 Å². The van der Waals surface area contributed by atoms with E-state index in [0.717, 1.165) is 38.3 Å². The van der Waals surface area contributed by atoms with E-state index < -0.39 is 21.5 Å². The van der Waals surface area contributed by atoms with Crippen molar-refractivity contribution in [3.8, 4) is 0 Å². The van der Waals surface area contributed by atoms with E-state index in [1.165, 1.54) is 11.3 Å². The van der Waals surface area contributed by atoms with E-state index in [2.05, 4.69) is 45.4 Å². The van der Waals surface area contributed by atoms with Crippen molar-refractivity contribution in [1.29, 1.82) is 0 Å². The lowest BCUT2D eigenvalue weighted by Gasteiger charge is -2.36. The molecular formula is C23H31N3O3S. The minimum atomic E-state index is -3.32. The van der Waals surface area contributed by atoms with Gasteiger partial charge in [0.25, 0.3) is 0 Å². The Kier molecular flexibility index (Phi) is 7.87. The average molecular weight is 430 g/mol. The summed E-state index contributed by atoms with van der Waals surface area (Å²) in [5.74, 6) is -0.828. The maximum absolute atomic E-state index is 12.1. The van der Waals surface area contributed by atoms with Crippen molar-refractivity contribution in [2.24, 2.45) is 0 Å². The molecule has 3 rings (SSSR count). The minimum absolute atomic E-state index is 0.0476. The zero-order chi connectivity index (χ0) is 21.4. The summed E-state index contributed by atoms with van der Waals surface area (Å²) in [7, 11) is -3.32. The molecule has 2 aromatic rings. The molecule has 1 aliphatic heterocycles. The van der Waals surface area contributed by atoms with Crippen molar-refractivity contribution < 1.29 is 13.2 Å². The number of anilines is 1. The van der Waals surface area contributed by atoms with Crippen LogP contribution in [0.4, 0.5) is 5.69 Å². The Morgan fingerprint density at radius 1 is 0.933 bits per heavy atom. The second-order valence-electron chi connectivity index (χ2n) is 7.74. The van der Waals surface area contributed by atoms with E-state index in [1.807, 2.05) is 24.3 Å². The second kappa shape index (κ2) is 10.6. The van der Waals surface area contributed by atoms with Crippen molar-refractivity contribution in [1.82, 2.24) is 10.2 Å². The SMILES string of the molecule is CCCS(=O)(=O)CC(=O)NCc1ccccc1CN1CCN(c2ccccc2)CC1. The highest BCUT2D eigenvalue weighted by molar-refractivity contribution is 7.92. The van der Waals surface area contributed by atoms with Gasteiger partial charge in [0.15, 0.2) is 9.84 Å². The first-order chi connectivity index (χ1) is 14.5. The minimum Gasteiger partial charge on any atom is -0.369 e. The number of para-hydroxylation sites is 1. The van der Waals surface area contributed by atoms with Crippen molar-refractivity contribution >= 4 is 21.4 Å². The molecule has 1 saturated heterocycles. The lowest BCUT2D eigenvalue weighted by molar-refractivity contribution is -0.118. The molecule has 0 radical (unpaired) electrons. The van der Waals surface area contributed by atoms with Gasteiger partial charge in [-0.25, -0.2) is 8.42 Å². The molecule has 30 heavy (non-hydrogen) atoms. The van der Waals surface area contributed by atoms with Gasteiger partial charge in [0.2, 0.25) is 5.91 Å². The van der Waals surface area contributed by atoms with Crippen molar-refractivity contribution in [2.45, 2.75) is 26.4 Å². The molecule has 0 aromatic heterocycles. The Balaban J connectivity index is 1.53. The van der Waals surface area contributed by atoms with E-state index in [4.69, 9.17) is 0 Å². The topological polar surface area (TPSA) is 69.7 Å². The molecule has 2 aromatic carbocycles. The van der Waals surface area contributed by atoms with Gasteiger partial charge in [-0.05, 0) is 29.7 Å². The lowest BCUT2D eigenvalue weighted by atomic mass is 10.1. The molecule has 162 valence electrons. The molecule has 0 aliphatic carbocycles. The predicted octanol–water partition coefficient (Wildman–Crippen LogP) is 2.45. The number of amides is 1. The average Bonchev–Trinajstić information content (AvgIpc) is 2.74. The Labute approximate surface area is 179 Å². The summed E-state index contributed by atoms with van der Waals surface area (Å²) in [4.78, 5) is 16.9. The van der Waals surface area contributed by atoms with Gasteiger partial charge in [-0.1, -0.05) is 49.4 Å². The Hall–Kier alpha value is -2.38. The quantitative estimate of drug-likeness (QED) is 0.663. The number of carbonyl (C=O) groups excluding carboxylic acids is 1. The standard InChI is InChI=1S/C23H31N3O3S/c1-2-16-30(28,29)19-23(27)24-17-20-8-6-7-9-21(20)18-25-12-14-26(15-13-25)22-10-4-3-5-11-22/h3-11H,2,12-19H2,1H3,(H,24,27). The third-order valence-corrected chi connectivity index (χ3v) is 7.08. The number of nitrogens with zero attached hydrogens (tertiary/aromatic N) is 2. The van der Waals surface area contributed by atoms with Crippen LogP contribution in [0.15, 0.2) is 54.6 Å². The summed E-state index contributed by atoms with van der Waals surface area (Å²) < 4.78 is 23.7. The zero-order valence-corrected chi connectivity index (χ0v) is 18.4. The molecule has 1 fully saturated rings. The van der Waals surface area contributed by atoms with Crippen LogP contribution in [-0.2, 0) is 27.7 Å². The number of hydrogen-bond donors (Lipinski definition) is 1. The summed E-state index contributed by atoms with van der Waals surface area (Å²) in [6.07, 6.45) is 0.524. The van der Waals surface area contributed by atoms with Gasteiger partial charge in [0, 0.05) is 45.0 Å². The second-order valence-corrected chi connectivity index (χ2v) is 9.92. The third-order valence-electron chi connectivity index (χ3n) is 5.35. The fourth-order valence-electron chi connectivity index (χ4n) is 3.76. The Morgan fingerprint density at radius 2 is 1.57 bits per heavy atom. The Morgan fingerprint density at radius 3 is 2.23 bits per heavy atom. The van der Waals surface area contributed by atoms with E-state index in [-0.39, 0.29) is 5.75 Å². The zero-order valence-electron chi connectivity index (χ0n) is 17.6. The number of sulfone groups is 1. The van der Waals surface area contributed by atoms with Crippen molar-refractivity contribution in [3.63, 3.8) is 0 Å². The summed E-state index contributed by atoms with van der Waals surface area (Å²) in [5.41, 5.74) is 3.46. The van der Waals surface area contributed by atoms with Crippen LogP contribution in [0.1, 0.15) is 24.5 Å². The van der Waals surface area contributed by atoms with Crippen LogP contribution in [0.2, 0.25) is 0 Å². The van der Waals surface area contributed by atoms with Crippen LogP contribution in [-0.4, -0.2) is 56.9 Å². The van der Waals surface area contributed by atoms with Gasteiger partial charge in [-0.3, -0.25) is 9.69 Å². The highest BCUT2D eigenvalue weighted by Gasteiger charge is 2.19. The molecule has 0 spiro atoms. The van der Waals surface area contributed by atoms with Crippen LogP contribution in [0.3, 0.4) is 0 Å². The number of carbonyl (C=O) groups is 1. The first-order valence-electron chi connectivity index (χ1n) is 10.5. The highest BCUT2D eigenvalue weighted by Crippen LogP contribution is 2.18. The number of hydrogen-bond acceptors (Lipinski definition) is 5. The van der Waals surface area contributed by atoms with Gasteiger partial charge in [-0.15, -0.1) is 0 Å². The normalized spacial score (nSPS) is 15.2. The van der Waals surface area contributed by atoms with Crippen molar-refractivity contribution in [2.75, 3.05) is 42.6 Å². The molecule has 6 nitrogen and oxygen atoms in total. The molecular weight excluding hydrogens is 398 g/mol. The fraction of sp³-hybridized carbons (Fsp3) is 0.435. The van der Waals surface area contributed by atoms with Crippen LogP contribution in [0, 0.1) is 0 Å². The molecule has 1 amide bonds. The van der Waals surface area contributed by atoms with Gasteiger partial charge in [-0.2, -0.15) is 0 Å². The van der Waals surface area contributed by atoms with Crippen LogP contribution >= 0.6 is 0 Å². The maximum atomic E-state index is 12.1.